The van der Waals surface area contributed by atoms with Crippen molar-refractivity contribution < 1.29 is 0 Å². The minimum Gasteiger partial charge on any atom is -0.387 e. The third-order valence-corrected chi connectivity index (χ3v) is 6.59. The van der Waals surface area contributed by atoms with Gasteiger partial charge in [-0.25, -0.2) is 5.84 Å². The number of likely N-dealkylation sites (tertiary alicyclic amines) is 1. The fourth-order valence-corrected chi connectivity index (χ4v) is 4.54. The Morgan fingerprint density at radius 1 is 1.19 bits per heavy atom. The van der Waals surface area contributed by atoms with Crippen LogP contribution in [0.4, 0.5) is 0 Å². The summed E-state index contributed by atoms with van der Waals surface area (Å²) in [4.78, 5) is 2.18. The van der Waals surface area contributed by atoms with Gasteiger partial charge in [0.25, 0.3) is 0 Å². The quantitative estimate of drug-likeness (QED) is 0.130. The maximum absolute atomic E-state index is 6.64. The topological polar surface area (TPSA) is 44.5 Å². The second-order valence-electron chi connectivity index (χ2n) is 9.34. The van der Waals surface area contributed by atoms with Crippen molar-refractivity contribution in [3.05, 3.63) is 61.3 Å². The van der Waals surface area contributed by atoms with Gasteiger partial charge in [0.1, 0.15) is 0 Å². The Hall–Kier alpha value is -2.38. The van der Waals surface area contributed by atoms with Gasteiger partial charge in [-0.1, -0.05) is 72.1 Å². The van der Waals surface area contributed by atoms with E-state index in [4.69, 9.17) is 12.3 Å². The van der Waals surface area contributed by atoms with Crippen molar-refractivity contribution in [2.45, 2.75) is 84.6 Å². The van der Waals surface area contributed by atoms with E-state index < -0.39 is 0 Å². The summed E-state index contributed by atoms with van der Waals surface area (Å²) in [5.41, 5.74) is 5.21. The van der Waals surface area contributed by atoms with Gasteiger partial charge in [0.15, 0.2) is 0 Å². The molecule has 0 aliphatic carbocycles. The van der Waals surface area contributed by atoms with Crippen LogP contribution in [0, 0.1) is 17.8 Å². The zero-order valence-corrected chi connectivity index (χ0v) is 20.9. The number of nitrogens with zero attached hydrogens (tertiary/aromatic N) is 2. The Kier molecular flexibility index (Phi) is 11.4. The highest BCUT2D eigenvalue weighted by Gasteiger charge is 2.32. The smallest absolute Gasteiger partial charge is 0.0846 e. The largest absolute Gasteiger partial charge is 0.387 e. The summed E-state index contributed by atoms with van der Waals surface area (Å²) in [6.07, 6.45) is 14.1. The van der Waals surface area contributed by atoms with Gasteiger partial charge >= 0.3 is 0 Å². The number of hydrogen-bond acceptors (Lipinski definition) is 4. The van der Waals surface area contributed by atoms with Crippen molar-refractivity contribution in [1.82, 2.24) is 15.2 Å². The molecule has 32 heavy (non-hydrogen) atoms. The summed E-state index contributed by atoms with van der Waals surface area (Å²) < 4.78 is 0. The molecule has 1 aliphatic heterocycles. The Morgan fingerprint density at radius 2 is 1.75 bits per heavy atom. The van der Waals surface area contributed by atoms with Gasteiger partial charge in [-0.05, 0) is 38.5 Å². The molecule has 4 nitrogen and oxygen atoms in total. The fraction of sp³-hybridized carbons (Fsp3) is 0.571. The molecule has 3 N–H and O–H groups in total. The van der Waals surface area contributed by atoms with E-state index in [1.165, 1.54) is 0 Å². The molecule has 0 saturated carbocycles. The average molecular weight is 439 g/mol. The predicted molar refractivity (Wildman–Crippen MR) is 140 cm³/mol. The van der Waals surface area contributed by atoms with Crippen LogP contribution in [0.15, 0.2) is 61.3 Å². The minimum atomic E-state index is -0.0991. The Morgan fingerprint density at radius 3 is 2.25 bits per heavy atom. The highest BCUT2D eigenvalue weighted by atomic mass is 15.4. The number of hydrazine groups is 1. The van der Waals surface area contributed by atoms with Gasteiger partial charge in [-0.15, -0.1) is 12.3 Å². The van der Waals surface area contributed by atoms with E-state index in [0.29, 0.717) is 6.42 Å². The number of rotatable bonds is 16. The van der Waals surface area contributed by atoms with E-state index in [9.17, 15) is 0 Å². The van der Waals surface area contributed by atoms with Crippen LogP contribution in [0.2, 0.25) is 0 Å². The summed E-state index contributed by atoms with van der Waals surface area (Å²) in [7, 11) is 0. The van der Waals surface area contributed by atoms with Crippen LogP contribution in [0.5, 0.6) is 0 Å². The van der Waals surface area contributed by atoms with Crippen LogP contribution in [-0.2, 0) is 0 Å². The lowest BCUT2D eigenvalue weighted by Crippen LogP contribution is -2.47. The number of terminal acetylenes is 1. The second-order valence-corrected chi connectivity index (χ2v) is 9.34. The molecule has 1 atom stereocenters. The molecule has 4 heteroatoms. The van der Waals surface area contributed by atoms with E-state index in [2.05, 4.69) is 69.8 Å². The third-order valence-electron chi connectivity index (χ3n) is 6.59. The highest BCUT2D eigenvalue weighted by molar-refractivity contribution is 5.20. The van der Waals surface area contributed by atoms with Crippen LogP contribution in [0.3, 0.4) is 0 Å². The predicted octanol–water partition coefficient (Wildman–Crippen LogP) is 6.24. The SMILES string of the molecule is C#CCCC(C(=C)NCCC(=C)CN1C(=C)CCC1=C)N(N)C(=C)C(C)(CCC)CCC. The third kappa shape index (κ3) is 7.64. The molecule has 0 bridgehead atoms. The molecular weight excluding hydrogens is 392 g/mol. The standard InChI is InChI=1S/C28H46N4/c1-10-13-14-27(32(29)26(8)28(9,18-11-2)19-12-3)25(7)30-20-17-22(4)21-31-23(5)15-16-24(31)6/h1,27,30H,4-8,11-21,29H2,2-3,9H3. The molecule has 1 fully saturated rings. The number of hydrogen-bond donors (Lipinski definition) is 2. The summed E-state index contributed by atoms with van der Waals surface area (Å²) in [5.74, 6) is 9.38. The maximum atomic E-state index is 6.64. The monoisotopic (exact) mass is 438 g/mol. The Balaban J connectivity index is 2.73. The molecule has 1 saturated heterocycles. The molecule has 178 valence electrons. The van der Waals surface area contributed by atoms with Crippen molar-refractivity contribution >= 4 is 0 Å². The van der Waals surface area contributed by atoms with Gasteiger partial charge in [-0.3, -0.25) is 0 Å². The zero-order chi connectivity index (χ0) is 24.3. The molecular formula is C28H46N4. The number of nitrogens with one attached hydrogen (secondary N) is 1. The first-order valence-electron chi connectivity index (χ1n) is 12.0. The molecule has 1 heterocycles. The highest BCUT2D eigenvalue weighted by Crippen LogP contribution is 2.38. The molecule has 0 aromatic rings. The van der Waals surface area contributed by atoms with E-state index in [0.717, 1.165) is 92.8 Å². The summed E-state index contributed by atoms with van der Waals surface area (Å²) in [6, 6.07) is -0.0991. The first-order valence-corrected chi connectivity index (χ1v) is 12.0. The van der Waals surface area contributed by atoms with Crippen LogP contribution >= 0.6 is 0 Å². The van der Waals surface area contributed by atoms with E-state index in [1.54, 1.807) is 0 Å². The van der Waals surface area contributed by atoms with E-state index in [1.807, 2.05) is 5.01 Å². The van der Waals surface area contributed by atoms with E-state index >= 15 is 0 Å². The lowest BCUT2D eigenvalue weighted by atomic mass is 9.78. The zero-order valence-electron chi connectivity index (χ0n) is 20.9. The summed E-state index contributed by atoms with van der Waals surface area (Å²) in [5, 5.41) is 5.28. The molecule has 0 radical (unpaired) electrons. The van der Waals surface area contributed by atoms with Crippen LogP contribution in [-0.4, -0.2) is 29.0 Å². The van der Waals surface area contributed by atoms with Gasteiger partial charge in [0.2, 0.25) is 0 Å². The average Bonchev–Trinajstić information content (AvgIpc) is 3.05. The van der Waals surface area contributed by atoms with Crippen LogP contribution in [0.25, 0.3) is 0 Å². The van der Waals surface area contributed by atoms with Gasteiger partial charge in [-0.2, -0.15) is 0 Å². The van der Waals surface area contributed by atoms with Crippen LogP contribution in [0.1, 0.15) is 78.6 Å². The number of nitrogens with two attached hydrogens (primary N) is 1. The van der Waals surface area contributed by atoms with Crippen molar-refractivity contribution in [1.29, 1.82) is 0 Å². The Bertz CT molecular complexity index is 717. The van der Waals surface area contributed by atoms with Crippen molar-refractivity contribution in [3.63, 3.8) is 0 Å². The maximum Gasteiger partial charge on any atom is 0.0846 e. The van der Waals surface area contributed by atoms with Crippen LogP contribution < -0.4 is 11.2 Å². The molecule has 0 aromatic heterocycles. The molecule has 0 spiro atoms. The molecule has 0 aromatic carbocycles. The minimum absolute atomic E-state index is 0.0261. The van der Waals surface area contributed by atoms with Crippen molar-refractivity contribution in [3.8, 4) is 12.3 Å². The lowest BCUT2D eigenvalue weighted by Gasteiger charge is -2.41. The van der Waals surface area contributed by atoms with Gasteiger partial charge < -0.3 is 15.2 Å². The number of allylic oxidation sites excluding steroid dienone is 3. The summed E-state index contributed by atoms with van der Waals surface area (Å²) >= 11 is 0. The molecule has 1 unspecified atom stereocenters. The fourth-order valence-electron chi connectivity index (χ4n) is 4.54. The lowest BCUT2D eigenvalue weighted by molar-refractivity contribution is 0.179. The van der Waals surface area contributed by atoms with E-state index in [-0.39, 0.29) is 11.5 Å². The second kappa shape index (κ2) is 13.2. The normalized spacial score (nSPS) is 14.8. The first-order chi connectivity index (χ1) is 15.1. The Labute approximate surface area is 198 Å². The molecule has 1 rings (SSSR count). The van der Waals surface area contributed by atoms with Gasteiger partial charge in [0, 0.05) is 47.7 Å². The molecule has 1 aliphatic rings. The van der Waals surface area contributed by atoms with Crippen molar-refractivity contribution in [2.24, 2.45) is 11.3 Å². The first kappa shape index (κ1) is 27.7. The van der Waals surface area contributed by atoms with Gasteiger partial charge in [0.05, 0.1) is 6.04 Å². The molecule has 0 amide bonds. The van der Waals surface area contributed by atoms with Crippen molar-refractivity contribution in [2.75, 3.05) is 13.1 Å². The summed E-state index contributed by atoms with van der Waals surface area (Å²) in [6.45, 7) is 29.4.